The smallest absolute Gasteiger partial charge is 0.315 e. The number of aliphatic hydroxyl groups excluding tert-OH is 1. The minimum Gasteiger partial charge on any atom is -0.396 e. The minimum atomic E-state index is -0.0115. The van der Waals surface area contributed by atoms with E-state index in [2.05, 4.69) is 10.6 Å². The van der Waals surface area contributed by atoms with Crippen LogP contribution in [0.1, 0.15) is 44.9 Å². The Balaban J connectivity index is 1.24. The molecule has 4 aliphatic carbocycles. The van der Waals surface area contributed by atoms with Crippen molar-refractivity contribution < 1.29 is 14.6 Å². The number of urea groups is 1. The number of ether oxygens (including phenoxy) is 1. The van der Waals surface area contributed by atoms with Crippen molar-refractivity contribution in [3.05, 3.63) is 0 Å². The molecule has 5 heteroatoms. The molecule has 5 fully saturated rings. The summed E-state index contributed by atoms with van der Waals surface area (Å²) in [7, 11) is 0. The fourth-order valence-corrected chi connectivity index (χ4v) is 6.69. The van der Waals surface area contributed by atoms with Gasteiger partial charge in [-0.3, -0.25) is 0 Å². The molecule has 2 bridgehead atoms. The van der Waals surface area contributed by atoms with E-state index in [1.165, 1.54) is 38.5 Å². The number of fused-ring (bicyclic) bond motifs is 4. The van der Waals surface area contributed by atoms with Crippen molar-refractivity contribution in [3.8, 4) is 0 Å². The maximum Gasteiger partial charge on any atom is 0.315 e. The Bertz CT molecular complexity index is 506. The summed E-state index contributed by atoms with van der Waals surface area (Å²) in [5, 5.41) is 16.2. The van der Waals surface area contributed by atoms with Crippen molar-refractivity contribution in [1.82, 2.24) is 10.6 Å². The molecule has 0 radical (unpaired) electrons. The molecule has 2 amide bonds. The Hall–Kier alpha value is -0.810. The molecule has 3 N–H and O–H groups in total. The third kappa shape index (κ3) is 1.89. The lowest BCUT2D eigenvalue weighted by Crippen LogP contribution is -2.72. The molecule has 0 aromatic carbocycles. The van der Waals surface area contributed by atoms with Crippen LogP contribution < -0.4 is 10.6 Å². The molecule has 5 nitrogen and oxygen atoms in total. The van der Waals surface area contributed by atoms with Gasteiger partial charge in [0.25, 0.3) is 0 Å². The van der Waals surface area contributed by atoms with Crippen molar-refractivity contribution in [1.29, 1.82) is 0 Å². The van der Waals surface area contributed by atoms with Crippen LogP contribution in [0.3, 0.4) is 0 Å². The molecule has 1 aliphatic heterocycles. The van der Waals surface area contributed by atoms with Gasteiger partial charge < -0.3 is 20.5 Å². The molecule has 0 aromatic rings. The minimum absolute atomic E-state index is 0.0115. The summed E-state index contributed by atoms with van der Waals surface area (Å²) >= 11 is 0. The normalized spacial score (nSPS) is 48.7. The second-order valence-electron chi connectivity index (χ2n) is 8.63. The molecular formula is C18H28N2O3. The van der Waals surface area contributed by atoms with Crippen molar-refractivity contribution >= 4 is 6.03 Å². The maximum absolute atomic E-state index is 12.6. The molecule has 7 atom stereocenters. The maximum atomic E-state index is 12.6. The molecule has 7 unspecified atom stereocenters. The third-order valence-corrected chi connectivity index (χ3v) is 7.92. The van der Waals surface area contributed by atoms with E-state index in [1.54, 1.807) is 0 Å². The number of rotatable bonds is 3. The van der Waals surface area contributed by atoms with Gasteiger partial charge in [0.05, 0.1) is 6.10 Å². The SMILES string of the molecule is O=C(NC1C2CCC(C2)C1CO)NC1C2CCOC2C12CCC2. The summed E-state index contributed by atoms with van der Waals surface area (Å²) in [4.78, 5) is 12.6. The summed E-state index contributed by atoms with van der Waals surface area (Å²) in [6, 6.07) is 0.462. The highest BCUT2D eigenvalue weighted by atomic mass is 16.5. The fraction of sp³-hybridized carbons (Fsp3) is 0.944. The van der Waals surface area contributed by atoms with Crippen LogP contribution in [0.15, 0.2) is 0 Å². The van der Waals surface area contributed by atoms with E-state index in [1.807, 2.05) is 0 Å². The summed E-state index contributed by atoms with van der Waals surface area (Å²) < 4.78 is 5.92. The molecular weight excluding hydrogens is 292 g/mol. The van der Waals surface area contributed by atoms with Gasteiger partial charge in [-0.2, -0.15) is 0 Å². The average molecular weight is 320 g/mol. The molecule has 4 saturated carbocycles. The number of hydrogen-bond acceptors (Lipinski definition) is 3. The first-order chi connectivity index (χ1) is 11.2. The summed E-state index contributed by atoms with van der Waals surface area (Å²) in [5.74, 6) is 1.98. The summed E-state index contributed by atoms with van der Waals surface area (Å²) in [5.41, 5.74) is 0.240. The fourth-order valence-electron chi connectivity index (χ4n) is 6.69. The molecule has 1 saturated heterocycles. The van der Waals surface area contributed by atoms with E-state index in [4.69, 9.17) is 4.74 Å². The molecule has 5 rings (SSSR count). The first-order valence-electron chi connectivity index (χ1n) is 9.52. The number of carbonyl (C=O) groups excluding carboxylic acids is 1. The molecule has 5 aliphatic rings. The Morgan fingerprint density at radius 1 is 1.17 bits per heavy atom. The predicted molar refractivity (Wildman–Crippen MR) is 84.8 cm³/mol. The largest absolute Gasteiger partial charge is 0.396 e. The van der Waals surface area contributed by atoms with E-state index < -0.39 is 0 Å². The van der Waals surface area contributed by atoms with Crippen molar-refractivity contribution in [2.45, 2.75) is 63.1 Å². The van der Waals surface area contributed by atoms with Crippen LogP contribution in [-0.4, -0.2) is 42.5 Å². The number of carbonyl (C=O) groups is 1. The van der Waals surface area contributed by atoms with Crippen molar-refractivity contribution in [2.75, 3.05) is 13.2 Å². The van der Waals surface area contributed by atoms with Crippen LogP contribution in [0.25, 0.3) is 0 Å². The Kier molecular flexibility index (Phi) is 3.22. The van der Waals surface area contributed by atoms with Gasteiger partial charge in [-0.05, 0) is 50.4 Å². The van der Waals surface area contributed by atoms with Gasteiger partial charge >= 0.3 is 6.03 Å². The highest BCUT2D eigenvalue weighted by Crippen LogP contribution is 2.62. The average Bonchev–Trinajstić information content (AvgIpc) is 3.18. The zero-order chi connectivity index (χ0) is 15.6. The second-order valence-corrected chi connectivity index (χ2v) is 8.63. The van der Waals surface area contributed by atoms with Gasteiger partial charge in [0.1, 0.15) is 0 Å². The Morgan fingerprint density at radius 3 is 2.74 bits per heavy atom. The first-order valence-corrected chi connectivity index (χ1v) is 9.52. The van der Waals surface area contributed by atoms with E-state index in [-0.39, 0.29) is 30.0 Å². The molecule has 1 heterocycles. The van der Waals surface area contributed by atoms with Gasteiger partial charge in [-0.15, -0.1) is 0 Å². The van der Waals surface area contributed by atoms with Gasteiger partial charge in [-0.1, -0.05) is 6.42 Å². The lowest BCUT2D eigenvalue weighted by atomic mass is 9.46. The Labute approximate surface area is 137 Å². The lowest BCUT2D eigenvalue weighted by molar-refractivity contribution is -0.172. The van der Waals surface area contributed by atoms with Crippen LogP contribution in [0.4, 0.5) is 4.79 Å². The Morgan fingerprint density at radius 2 is 2.00 bits per heavy atom. The van der Waals surface area contributed by atoms with E-state index >= 15 is 0 Å². The molecule has 0 aromatic heterocycles. The van der Waals surface area contributed by atoms with Crippen LogP contribution in [0.5, 0.6) is 0 Å². The zero-order valence-electron chi connectivity index (χ0n) is 13.7. The quantitative estimate of drug-likeness (QED) is 0.740. The number of hydrogen-bond donors (Lipinski definition) is 3. The molecule has 1 spiro atoms. The number of amides is 2. The van der Waals surface area contributed by atoms with Crippen LogP contribution in [-0.2, 0) is 4.74 Å². The molecule has 128 valence electrons. The first kappa shape index (κ1) is 14.5. The highest BCUT2D eigenvalue weighted by molar-refractivity contribution is 5.75. The van der Waals surface area contributed by atoms with E-state index in [9.17, 15) is 9.90 Å². The van der Waals surface area contributed by atoms with Gasteiger partial charge in [0.15, 0.2) is 0 Å². The number of aliphatic hydroxyl groups is 1. The van der Waals surface area contributed by atoms with E-state index in [0.29, 0.717) is 29.9 Å². The van der Waals surface area contributed by atoms with Crippen molar-refractivity contribution in [2.24, 2.45) is 29.1 Å². The standard InChI is InChI=1S/C18H28N2O3/c21-9-13-10-2-3-11(8-10)14(13)19-17(22)20-15-12-4-7-23-16(12)18(15)5-1-6-18/h10-16,21H,1-9H2,(H2,19,20,22). The zero-order valence-corrected chi connectivity index (χ0v) is 13.7. The highest BCUT2D eigenvalue weighted by Gasteiger charge is 2.67. The summed E-state index contributed by atoms with van der Waals surface area (Å²) in [6.45, 7) is 1.06. The van der Waals surface area contributed by atoms with Crippen LogP contribution in [0.2, 0.25) is 0 Å². The second kappa shape index (κ2) is 5.09. The summed E-state index contributed by atoms with van der Waals surface area (Å²) in [6.07, 6.45) is 8.77. The van der Waals surface area contributed by atoms with Gasteiger partial charge in [-0.25, -0.2) is 4.79 Å². The van der Waals surface area contributed by atoms with Gasteiger partial charge in [0.2, 0.25) is 0 Å². The topological polar surface area (TPSA) is 70.6 Å². The molecule has 23 heavy (non-hydrogen) atoms. The van der Waals surface area contributed by atoms with E-state index in [0.717, 1.165) is 13.0 Å². The number of nitrogens with one attached hydrogen (secondary N) is 2. The monoisotopic (exact) mass is 320 g/mol. The van der Waals surface area contributed by atoms with Crippen LogP contribution in [0, 0.1) is 29.1 Å². The van der Waals surface area contributed by atoms with Gasteiger partial charge in [0, 0.05) is 42.5 Å². The lowest BCUT2D eigenvalue weighted by Gasteiger charge is -2.63. The van der Waals surface area contributed by atoms with Crippen LogP contribution >= 0.6 is 0 Å². The van der Waals surface area contributed by atoms with Crippen molar-refractivity contribution in [3.63, 3.8) is 0 Å². The third-order valence-electron chi connectivity index (χ3n) is 7.92. The predicted octanol–water partition coefficient (Wildman–Crippen LogP) is 1.65.